The van der Waals surface area contributed by atoms with Gasteiger partial charge in [0.25, 0.3) is 0 Å². The van der Waals surface area contributed by atoms with E-state index in [1.807, 2.05) is 0 Å². The van der Waals surface area contributed by atoms with Gasteiger partial charge in [0.05, 0.1) is 18.6 Å². The highest BCUT2D eigenvalue weighted by molar-refractivity contribution is 4.90. The van der Waals surface area contributed by atoms with Crippen LogP contribution in [0.5, 0.6) is 0 Å². The van der Waals surface area contributed by atoms with Crippen LogP contribution in [0.4, 0.5) is 0 Å². The van der Waals surface area contributed by atoms with Gasteiger partial charge in [-0.2, -0.15) is 5.26 Å². The van der Waals surface area contributed by atoms with Gasteiger partial charge in [0, 0.05) is 7.11 Å². The molecule has 1 saturated carbocycles. The summed E-state index contributed by atoms with van der Waals surface area (Å²) in [5.41, 5.74) is 0. The van der Waals surface area contributed by atoms with Crippen molar-refractivity contribution in [2.24, 2.45) is 11.8 Å². The van der Waals surface area contributed by atoms with Crippen LogP contribution < -0.4 is 0 Å². The molecule has 2 nitrogen and oxygen atoms in total. The van der Waals surface area contributed by atoms with Crippen molar-refractivity contribution >= 4 is 0 Å². The van der Waals surface area contributed by atoms with E-state index in [-0.39, 0.29) is 5.92 Å². The molecule has 0 bridgehead atoms. The molecule has 0 aromatic heterocycles. The molecule has 11 heavy (non-hydrogen) atoms. The molecule has 0 radical (unpaired) electrons. The second-order valence-corrected chi connectivity index (χ2v) is 3.24. The lowest BCUT2D eigenvalue weighted by atomic mass is 9.81. The molecule has 0 N–H and O–H groups in total. The van der Waals surface area contributed by atoms with Gasteiger partial charge in [-0.05, 0) is 18.8 Å². The van der Waals surface area contributed by atoms with Crippen LogP contribution >= 0.6 is 0 Å². The Bertz CT molecular complexity index is 148. The Balaban J connectivity index is 2.39. The fourth-order valence-corrected chi connectivity index (χ4v) is 1.79. The van der Waals surface area contributed by atoms with Crippen LogP contribution in [-0.2, 0) is 4.74 Å². The molecular formula is C9H15NO. The molecule has 0 aromatic carbocycles. The average Bonchev–Trinajstić information content (AvgIpc) is 2.06. The third kappa shape index (κ3) is 2.20. The molecular weight excluding hydrogens is 138 g/mol. The quantitative estimate of drug-likeness (QED) is 0.607. The number of hydrogen-bond acceptors (Lipinski definition) is 2. The number of rotatable bonds is 2. The minimum atomic E-state index is 0.253. The summed E-state index contributed by atoms with van der Waals surface area (Å²) in [4.78, 5) is 0. The van der Waals surface area contributed by atoms with Crippen molar-refractivity contribution in [3.05, 3.63) is 0 Å². The Morgan fingerprint density at radius 3 is 2.82 bits per heavy atom. The van der Waals surface area contributed by atoms with Crippen molar-refractivity contribution in [3.63, 3.8) is 0 Å². The summed E-state index contributed by atoms with van der Waals surface area (Å²) in [5.74, 6) is 0.752. The van der Waals surface area contributed by atoms with E-state index in [2.05, 4.69) is 6.07 Å². The van der Waals surface area contributed by atoms with Gasteiger partial charge in [0.2, 0.25) is 0 Å². The fraction of sp³-hybridized carbons (Fsp3) is 0.889. The number of nitrogens with zero attached hydrogens (tertiary/aromatic N) is 1. The van der Waals surface area contributed by atoms with E-state index in [0.717, 1.165) is 13.0 Å². The number of ether oxygens (including phenoxy) is 1. The average molecular weight is 153 g/mol. The molecule has 2 heteroatoms. The van der Waals surface area contributed by atoms with E-state index in [1.54, 1.807) is 7.11 Å². The maximum Gasteiger partial charge on any atom is 0.0659 e. The third-order valence-corrected chi connectivity index (χ3v) is 2.46. The van der Waals surface area contributed by atoms with E-state index < -0.39 is 0 Å². The highest BCUT2D eigenvalue weighted by Crippen LogP contribution is 2.29. The van der Waals surface area contributed by atoms with Crippen molar-refractivity contribution < 1.29 is 4.74 Å². The Kier molecular flexibility index (Phi) is 3.38. The first-order valence-electron chi connectivity index (χ1n) is 4.27. The van der Waals surface area contributed by atoms with Gasteiger partial charge in [-0.25, -0.2) is 0 Å². The maximum atomic E-state index is 8.78. The molecule has 0 saturated heterocycles. The van der Waals surface area contributed by atoms with Crippen molar-refractivity contribution in [1.29, 1.82) is 5.26 Å². The maximum absolute atomic E-state index is 8.78. The topological polar surface area (TPSA) is 33.0 Å². The lowest BCUT2D eigenvalue weighted by Gasteiger charge is -2.25. The molecule has 1 fully saturated rings. The summed E-state index contributed by atoms with van der Waals surface area (Å²) >= 11 is 0. The monoisotopic (exact) mass is 153 g/mol. The Labute approximate surface area is 68.2 Å². The highest BCUT2D eigenvalue weighted by Gasteiger charge is 2.24. The van der Waals surface area contributed by atoms with Gasteiger partial charge in [-0.15, -0.1) is 0 Å². The second kappa shape index (κ2) is 4.35. The summed E-state index contributed by atoms with van der Waals surface area (Å²) in [7, 11) is 1.71. The number of hydrogen-bond donors (Lipinski definition) is 0. The van der Waals surface area contributed by atoms with Crippen LogP contribution in [0.1, 0.15) is 25.7 Å². The fourth-order valence-electron chi connectivity index (χ4n) is 1.79. The smallest absolute Gasteiger partial charge is 0.0659 e. The van der Waals surface area contributed by atoms with Crippen molar-refractivity contribution in [3.8, 4) is 6.07 Å². The van der Waals surface area contributed by atoms with Crippen LogP contribution in [0.3, 0.4) is 0 Å². The number of nitriles is 1. The first-order chi connectivity index (χ1) is 5.38. The van der Waals surface area contributed by atoms with Crippen molar-refractivity contribution in [1.82, 2.24) is 0 Å². The van der Waals surface area contributed by atoms with E-state index in [1.165, 1.54) is 19.3 Å². The van der Waals surface area contributed by atoms with Crippen LogP contribution in [0.2, 0.25) is 0 Å². The standard InChI is InChI=1S/C9H15NO/c1-11-7-9-5-3-2-4-8(9)6-10/h8-9H,2-5,7H2,1H3/t8-,9+/m0/s1. The molecule has 0 spiro atoms. The predicted octanol–water partition coefficient (Wildman–Crippen LogP) is 1.96. The largest absolute Gasteiger partial charge is 0.384 e. The molecule has 0 heterocycles. The van der Waals surface area contributed by atoms with E-state index in [4.69, 9.17) is 10.00 Å². The molecule has 1 aliphatic rings. The molecule has 1 rings (SSSR count). The van der Waals surface area contributed by atoms with Gasteiger partial charge in [-0.3, -0.25) is 0 Å². The van der Waals surface area contributed by atoms with Gasteiger partial charge in [0.1, 0.15) is 0 Å². The zero-order valence-corrected chi connectivity index (χ0v) is 7.05. The summed E-state index contributed by atoms with van der Waals surface area (Å²) in [6, 6.07) is 2.36. The molecule has 2 atom stereocenters. The van der Waals surface area contributed by atoms with Crippen molar-refractivity contribution in [2.75, 3.05) is 13.7 Å². The van der Waals surface area contributed by atoms with Gasteiger partial charge in [-0.1, -0.05) is 12.8 Å². The van der Waals surface area contributed by atoms with E-state index in [9.17, 15) is 0 Å². The molecule has 1 aliphatic carbocycles. The predicted molar refractivity (Wildman–Crippen MR) is 42.9 cm³/mol. The number of methoxy groups -OCH3 is 1. The summed E-state index contributed by atoms with van der Waals surface area (Å²) < 4.78 is 5.06. The second-order valence-electron chi connectivity index (χ2n) is 3.24. The Hall–Kier alpha value is -0.550. The van der Waals surface area contributed by atoms with Gasteiger partial charge < -0.3 is 4.74 Å². The van der Waals surface area contributed by atoms with Crippen LogP contribution in [0.25, 0.3) is 0 Å². The summed E-state index contributed by atoms with van der Waals surface area (Å²) in [6.45, 7) is 0.762. The summed E-state index contributed by atoms with van der Waals surface area (Å²) in [5, 5.41) is 8.78. The Morgan fingerprint density at radius 1 is 1.45 bits per heavy atom. The molecule has 0 amide bonds. The third-order valence-electron chi connectivity index (χ3n) is 2.46. The molecule has 62 valence electrons. The van der Waals surface area contributed by atoms with Crippen molar-refractivity contribution in [2.45, 2.75) is 25.7 Å². The highest BCUT2D eigenvalue weighted by atomic mass is 16.5. The first kappa shape index (κ1) is 8.55. The first-order valence-corrected chi connectivity index (χ1v) is 4.27. The van der Waals surface area contributed by atoms with Gasteiger partial charge in [0.15, 0.2) is 0 Å². The minimum absolute atomic E-state index is 0.253. The van der Waals surface area contributed by atoms with E-state index in [0.29, 0.717) is 5.92 Å². The minimum Gasteiger partial charge on any atom is -0.384 e. The SMILES string of the molecule is COC[C@H]1CCCC[C@H]1C#N. The summed E-state index contributed by atoms with van der Waals surface area (Å²) in [6.07, 6.45) is 4.74. The van der Waals surface area contributed by atoms with E-state index >= 15 is 0 Å². The molecule has 0 aliphatic heterocycles. The lowest BCUT2D eigenvalue weighted by Crippen LogP contribution is -2.22. The molecule has 0 unspecified atom stereocenters. The van der Waals surface area contributed by atoms with Crippen LogP contribution in [0.15, 0.2) is 0 Å². The zero-order chi connectivity index (χ0) is 8.10. The lowest BCUT2D eigenvalue weighted by molar-refractivity contribution is 0.112. The normalized spacial score (nSPS) is 31.3. The Morgan fingerprint density at radius 2 is 2.18 bits per heavy atom. The van der Waals surface area contributed by atoms with Crippen LogP contribution in [-0.4, -0.2) is 13.7 Å². The van der Waals surface area contributed by atoms with Gasteiger partial charge >= 0.3 is 0 Å². The molecule has 0 aromatic rings. The zero-order valence-electron chi connectivity index (χ0n) is 7.05. The van der Waals surface area contributed by atoms with Crippen LogP contribution in [0, 0.1) is 23.2 Å².